The fourth-order valence-corrected chi connectivity index (χ4v) is 3.42. The van der Waals surface area contributed by atoms with Crippen molar-refractivity contribution in [3.05, 3.63) is 41.1 Å². The lowest BCUT2D eigenvalue weighted by Crippen LogP contribution is -2.22. The Morgan fingerprint density at radius 1 is 1.17 bits per heavy atom. The van der Waals surface area contributed by atoms with E-state index in [4.69, 9.17) is 4.42 Å². The second-order valence-electron chi connectivity index (χ2n) is 6.30. The summed E-state index contributed by atoms with van der Waals surface area (Å²) in [7, 11) is 2.06. The molecular formula is C17H22N4OS. The highest BCUT2D eigenvalue weighted by atomic mass is 32.1. The van der Waals surface area contributed by atoms with Crippen molar-refractivity contribution in [3.63, 3.8) is 0 Å². The standard InChI is InChI=1S/C17H22N4OS/c1-11(2)9-15-19-20-17(22-15)12(3)21(4)10-16-18-13-7-5-6-8-14(13)23-16/h5-8,11-12H,9-10H2,1-4H3/t12-/m0/s1. The van der Waals surface area contributed by atoms with Crippen molar-refractivity contribution < 1.29 is 4.42 Å². The SMILES string of the molecule is CC(C)Cc1nnc([C@H](C)N(C)Cc2nc3ccccc3s2)o1. The van der Waals surface area contributed by atoms with Crippen LogP contribution >= 0.6 is 11.3 Å². The molecular weight excluding hydrogens is 308 g/mol. The number of rotatable bonds is 6. The van der Waals surface area contributed by atoms with Gasteiger partial charge in [-0.2, -0.15) is 0 Å². The molecule has 1 aromatic carbocycles. The van der Waals surface area contributed by atoms with Crippen LogP contribution in [0.15, 0.2) is 28.7 Å². The van der Waals surface area contributed by atoms with E-state index in [1.54, 1.807) is 11.3 Å². The summed E-state index contributed by atoms with van der Waals surface area (Å²) in [6.45, 7) is 7.14. The van der Waals surface area contributed by atoms with Gasteiger partial charge in [-0.05, 0) is 32.0 Å². The van der Waals surface area contributed by atoms with Gasteiger partial charge in [0.25, 0.3) is 0 Å². The molecule has 0 unspecified atom stereocenters. The Labute approximate surface area is 140 Å². The predicted molar refractivity (Wildman–Crippen MR) is 92.3 cm³/mol. The normalized spacial score (nSPS) is 13.3. The topological polar surface area (TPSA) is 55.1 Å². The second-order valence-corrected chi connectivity index (χ2v) is 7.41. The smallest absolute Gasteiger partial charge is 0.233 e. The highest BCUT2D eigenvalue weighted by Gasteiger charge is 2.20. The number of fused-ring (bicyclic) bond motifs is 1. The first-order chi connectivity index (χ1) is 11.0. The van der Waals surface area contributed by atoms with Gasteiger partial charge in [0, 0.05) is 6.42 Å². The summed E-state index contributed by atoms with van der Waals surface area (Å²) in [4.78, 5) is 6.87. The van der Waals surface area contributed by atoms with E-state index in [0.29, 0.717) is 11.8 Å². The van der Waals surface area contributed by atoms with Gasteiger partial charge < -0.3 is 4.42 Å². The van der Waals surface area contributed by atoms with Crippen LogP contribution in [0.2, 0.25) is 0 Å². The van der Waals surface area contributed by atoms with Crippen molar-refractivity contribution in [1.82, 2.24) is 20.1 Å². The molecule has 0 aliphatic carbocycles. The third-order valence-electron chi connectivity index (χ3n) is 3.81. The van der Waals surface area contributed by atoms with Crippen LogP contribution in [0.25, 0.3) is 10.2 Å². The molecule has 3 rings (SSSR count). The average Bonchev–Trinajstić information content (AvgIpc) is 3.11. The predicted octanol–water partition coefficient (Wildman–Crippen LogP) is 4.07. The lowest BCUT2D eigenvalue weighted by atomic mass is 10.1. The maximum Gasteiger partial charge on any atom is 0.233 e. The molecule has 0 saturated carbocycles. The molecule has 0 amide bonds. The summed E-state index contributed by atoms with van der Waals surface area (Å²) in [5.41, 5.74) is 1.06. The van der Waals surface area contributed by atoms with E-state index in [1.807, 2.05) is 12.1 Å². The summed E-state index contributed by atoms with van der Waals surface area (Å²) in [5, 5.41) is 9.44. The van der Waals surface area contributed by atoms with Gasteiger partial charge in [-0.15, -0.1) is 21.5 Å². The van der Waals surface area contributed by atoms with Crippen molar-refractivity contribution in [1.29, 1.82) is 0 Å². The van der Waals surface area contributed by atoms with E-state index in [2.05, 4.69) is 60.0 Å². The van der Waals surface area contributed by atoms with Gasteiger partial charge >= 0.3 is 0 Å². The number of hydrogen-bond acceptors (Lipinski definition) is 6. The molecule has 0 spiro atoms. The summed E-state index contributed by atoms with van der Waals surface area (Å²) < 4.78 is 7.02. The molecule has 23 heavy (non-hydrogen) atoms. The lowest BCUT2D eigenvalue weighted by Gasteiger charge is -2.20. The zero-order valence-corrected chi connectivity index (χ0v) is 14.8. The van der Waals surface area contributed by atoms with Crippen LogP contribution in [0.3, 0.4) is 0 Å². The fraction of sp³-hybridized carbons (Fsp3) is 0.471. The third kappa shape index (κ3) is 3.76. The summed E-state index contributed by atoms with van der Waals surface area (Å²) in [5.74, 6) is 1.90. The molecule has 0 bridgehead atoms. The van der Waals surface area contributed by atoms with E-state index < -0.39 is 0 Å². The Bertz CT molecular complexity index is 747. The Hall–Kier alpha value is -1.79. The molecule has 0 fully saturated rings. The van der Waals surface area contributed by atoms with Crippen molar-refractivity contribution >= 4 is 21.6 Å². The number of thiazole rings is 1. The van der Waals surface area contributed by atoms with Crippen molar-refractivity contribution in [2.24, 2.45) is 5.92 Å². The molecule has 0 radical (unpaired) electrons. The summed E-state index contributed by atoms with van der Waals surface area (Å²) >= 11 is 1.73. The van der Waals surface area contributed by atoms with Gasteiger partial charge in [-0.25, -0.2) is 4.98 Å². The van der Waals surface area contributed by atoms with Crippen LogP contribution in [0.1, 0.15) is 43.6 Å². The van der Waals surface area contributed by atoms with E-state index >= 15 is 0 Å². The molecule has 6 heteroatoms. The average molecular weight is 330 g/mol. The fourth-order valence-electron chi connectivity index (χ4n) is 2.39. The number of hydrogen-bond donors (Lipinski definition) is 0. The number of aromatic nitrogens is 3. The summed E-state index contributed by atoms with van der Waals surface area (Å²) in [6, 6.07) is 8.29. The molecule has 0 N–H and O–H groups in total. The van der Waals surface area contributed by atoms with Gasteiger partial charge in [0.1, 0.15) is 5.01 Å². The van der Waals surface area contributed by atoms with Gasteiger partial charge in [0.05, 0.1) is 22.8 Å². The minimum absolute atomic E-state index is 0.0652. The van der Waals surface area contributed by atoms with Gasteiger partial charge in [0.2, 0.25) is 11.8 Å². The lowest BCUT2D eigenvalue weighted by molar-refractivity contribution is 0.213. The number of nitrogens with zero attached hydrogens (tertiary/aromatic N) is 4. The van der Waals surface area contributed by atoms with E-state index in [-0.39, 0.29) is 6.04 Å². The van der Waals surface area contributed by atoms with Crippen LogP contribution in [0.5, 0.6) is 0 Å². The molecule has 2 aromatic heterocycles. The van der Waals surface area contributed by atoms with E-state index in [9.17, 15) is 0 Å². The highest BCUT2D eigenvalue weighted by molar-refractivity contribution is 7.18. The molecule has 122 valence electrons. The molecule has 3 aromatic rings. The largest absolute Gasteiger partial charge is 0.424 e. The third-order valence-corrected chi connectivity index (χ3v) is 4.83. The van der Waals surface area contributed by atoms with Crippen LogP contribution < -0.4 is 0 Å². The first-order valence-electron chi connectivity index (χ1n) is 7.90. The second kappa shape index (κ2) is 6.76. The van der Waals surface area contributed by atoms with E-state index in [0.717, 1.165) is 29.4 Å². The zero-order chi connectivity index (χ0) is 16.4. The molecule has 0 aliphatic heterocycles. The summed E-state index contributed by atoms with van der Waals surface area (Å²) in [6.07, 6.45) is 0.821. The monoisotopic (exact) mass is 330 g/mol. The van der Waals surface area contributed by atoms with Crippen LogP contribution in [-0.2, 0) is 13.0 Å². The Morgan fingerprint density at radius 3 is 2.70 bits per heavy atom. The van der Waals surface area contributed by atoms with Crippen LogP contribution in [-0.4, -0.2) is 27.1 Å². The first kappa shape index (κ1) is 16.1. The van der Waals surface area contributed by atoms with Crippen molar-refractivity contribution in [2.75, 3.05) is 7.05 Å². The minimum atomic E-state index is 0.0652. The Balaban J connectivity index is 1.69. The number of para-hydroxylation sites is 1. The van der Waals surface area contributed by atoms with E-state index in [1.165, 1.54) is 4.70 Å². The van der Waals surface area contributed by atoms with Crippen molar-refractivity contribution in [3.8, 4) is 0 Å². The molecule has 1 atom stereocenters. The molecule has 0 aliphatic rings. The molecule has 2 heterocycles. The minimum Gasteiger partial charge on any atom is -0.424 e. The van der Waals surface area contributed by atoms with Crippen molar-refractivity contribution in [2.45, 2.75) is 39.8 Å². The maximum atomic E-state index is 5.79. The van der Waals surface area contributed by atoms with Gasteiger partial charge in [-0.1, -0.05) is 26.0 Å². The van der Waals surface area contributed by atoms with Gasteiger partial charge in [-0.3, -0.25) is 4.90 Å². The number of benzene rings is 1. The zero-order valence-electron chi connectivity index (χ0n) is 14.0. The first-order valence-corrected chi connectivity index (χ1v) is 8.71. The van der Waals surface area contributed by atoms with Crippen LogP contribution in [0.4, 0.5) is 0 Å². The Morgan fingerprint density at radius 2 is 1.96 bits per heavy atom. The quantitative estimate of drug-likeness (QED) is 0.682. The van der Waals surface area contributed by atoms with Crippen LogP contribution in [0, 0.1) is 5.92 Å². The Kier molecular flexibility index (Phi) is 4.73. The highest BCUT2D eigenvalue weighted by Crippen LogP contribution is 2.25. The molecule has 5 nitrogen and oxygen atoms in total. The maximum absolute atomic E-state index is 5.79. The van der Waals surface area contributed by atoms with Gasteiger partial charge in [0.15, 0.2) is 0 Å². The molecule has 0 saturated heterocycles.